The minimum Gasteiger partial charge on any atom is -0.382 e. The second-order valence-corrected chi connectivity index (χ2v) is 4.55. The number of aryl methyl sites for hydroxylation is 1. The summed E-state index contributed by atoms with van der Waals surface area (Å²) in [7, 11) is 0. The van der Waals surface area contributed by atoms with Crippen LogP contribution < -0.4 is 5.32 Å². The van der Waals surface area contributed by atoms with Gasteiger partial charge in [-0.2, -0.15) is 17.0 Å². The third-order valence-corrected chi connectivity index (χ3v) is 3.01. The summed E-state index contributed by atoms with van der Waals surface area (Å²) in [6, 6.07) is 8.47. The van der Waals surface area contributed by atoms with Crippen LogP contribution in [0.4, 0.5) is 5.69 Å². The van der Waals surface area contributed by atoms with Crippen molar-refractivity contribution in [3.05, 3.63) is 29.3 Å². The summed E-state index contributed by atoms with van der Waals surface area (Å²) in [6.45, 7) is 4.12. The number of hydrogen-bond donors (Lipinski definition) is 1. The summed E-state index contributed by atoms with van der Waals surface area (Å²) < 4.78 is 0. The summed E-state index contributed by atoms with van der Waals surface area (Å²) in [5, 5.41) is 12.2. The van der Waals surface area contributed by atoms with Gasteiger partial charge in [0.2, 0.25) is 0 Å². The second kappa shape index (κ2) is 5.67. The highest BCUT2D eigenvalue weighted by Crippen LogP contribution is 2.15. The number of nitrogens with zero attached hydrogens (tertiary/aromatic N) is 1. The van der Waals surface area contributed by atoms with E-state index in [2.05, 4.69) is 24.6 Å². The minimum atomic E-state index is 0.451. The molecule has 0 saturated carbocycles. The van der Waals surface area contributed by atoms with E-state index < -0.39 is 0 Å². The molecule has 0 aliphatic rings. The van der Waals surface area contributed by atoms with Crippen molar-refractivity contribution in [3.63, 3.8) is 0 Å². The molecular weight excluding hydrogens is 204 g/mol. The zero-order chi connectivity index (χ0) is 11.3. The Balaban J connectivity index is 2.72. The molecule has 0 aromatic heterocycles. The largest absolute Gasteiger partial charge is 0.382 e. The molecule has 1 N–H and O–H groups in total. The molecule has 3 heteroatoms. The molecular formula is C12H16N2S. The van der Waals surface area contributed by atoms with Crippen molar-refractivity contribution in [2.24, 2.45) is 0 Å². The standard InChI is InChI=1S/C12H16N2S/c1-9-6-12(5-4-11(9)7-13)14-10(2)8-15-3/h4-6,10,14H,8H2,1-3H3. The van der Waals surface area contributed by atoms with Gasteiger partial charge in [0.25, 0.3) is 0 Å². The van der Waals surface area contributed by atoms with Gasteiger partial charge in [-0.25, -0.2) is 0 Å². The van der Waals surface area contributed by atoms with E-state index in [-0.39, 0.29) is 0 Å². The Morgan fingerprint density at radius 1 is 1.53 bits per heavy atom. The molecule has 2 nitrogen and oxygen atoms in total. The summed E-state index contributed by atoms with van der Waals surface area (Å²) in [5.41, 5.74) is 2.87. The molecule has 0 fully saturated rings. The predicted molar refractivity (Wildman–Crippen MR) is 67.4 cm³/mol. The molecule has 1 rings (SSSR count). The highest BCUT2D eigenvalue weighted by molar-refractivity contribution is 7.98. The molecule has 1 unspecified atom stereocenters. The van der Waals surface area contributed by atoms with Gasteiger partial charge in [0.15, 0.2) is 0 Å². The van der Waals surface area contributed by atoms with Gasteiger partial charge in [-0.05, 0) is 43.9 Å². The first-order chi connectivity index (χ1) is 7.17. The first kappa shape index (κ1) is 11.9. The van der Waals surface area contributed by atoms with Crippen LogP contribution in [0.2, 0.25) is 0 Å². The maximum absolute atomic E-state index is 8.80. The van der Waals surface area contributed by atoms with Crippen LogP contribution in [0.5, 0.6) is 0 Å². The molecule has 0 radical (unpaired) electrons. The quantitative estimate of drug-likeness (QED) is 0.847. The van der Waals surface area contributed by atoms with Crippen molar-refractivity contribution >= 4 is 17.4 Å². The number of rotatable bonds is 4. The Bertz CT molecular complexity index is 368. The van der Waals surface area contributed by atoms with Crippen LogP contribution in [0, 0.1) is 18.3 Å². The SMILES string of the molecule is CSCC(C)Nc1ccc(C#N)c(C)c1. The van der Waals surface area contributed by atoms with Gasteiger partial charge in [0, 0.05) is 17.5 Å². The van der Waals surface area contributed by atoms with Gasteiger partial charge in [-0.3, -0.25) is 0 Å². The molecule has 0 aliphatic carbocycles. The predicted octanol–water partition coefficient (Wildman–Crippen LogP) is 3.03. The molecule has 0 saturated heterocycles. The van der Waals surface area contributed by atoms with Crippen LogP contribution in [-0.2, 0) is 0 Å². The fraction of sp³-hybridized carbons (Fsp3) is 0.417. The molecule has 0 bridgehead atoms. The lowest BCUT2D eigenvalue weighted by Gasteiger charge is -2.14. The molecule has 1 aromatic rings. The second-order valence-electron chi connectivity index (χ2n) is 3.64. The van der Waals surface area contributed by atoms with Crippen molar-refractivity contribution < 1.29 is 0 Å². The van der Waals surface area contributed by atoms with Crippen molar-refractivity contribution in [1.29, 1.82) is 5.26 Å². The molecule has 0 aliphatic heterocycles. The van der Waals surface area contributed by atoms with Crippen molar-refractivity contribution in [2.45, 2.75) is 19.9 Å². The lowest BCUT2D eigenvalue weighted by atomic mass is 10.1. The zero-order valence-corrected chi connectivity index (χ0v) is 10.2. The topological polar surface area (TPSA) is 35.8 Å². The Kier molecular flexibility index (Phi) is 4.51. The van der Waals surface area contributed by atoms with E-state index in [1.807, 2.05) is 36.9 Å². The molecule has 0 heterocycles. The van der Waals surface area contributed by atoms with E-state index >= 15 is 0 Å². The van der Waals surface area contributed by atoms with Gasteiger partial charge >= 0.3 is 0 Å². The fourth-order valence-corrected chi connectivity index (χ4v) is 2.04. The van der Waals surface area contributed by atoms with Crippen molar-refractivity contribution in [3.8, 4) is 6.07 Å². The summed E-state index contributed by atoms with van der Waals surface area (Å²) in [6.07, 6.45) is 2.10. The third-order valence-electron chi connectivity index (χ3n) is 2.18. The van der Waals surface area contributed by atoms with Crippen LogP contribution in [-0.4, -0.2) is 18.1 Å². The normalized spacial score (nSPS) is 11.9. The monoisotopic (exact) mass is 220 g/mol. The Morgan fingerprint density at radius 3 is 2.80 bits per heavy atom. The number of nitrogens with one attached hydrogen (secondary N) is 1. The molecule has 80 valence electrons. The fourth-order valence-electron chi connectivity index (χ4n) is 1.46. The van der Waals surface area contributed by atoms with Gasteiger partial charge in [0.1, 0.15) is 0 Å². The van der Waals surface area contributed by atoms with E-state index in [1.165, 1.54) is 0 Å². The minimum absolute atomic E-state index is 0.451. The van der Waals surface area contributed by atoms with E-state index in [0.717, 1.165) is 22.6 Å². The maximum atomic E-state index is 8.80. The Morgan fingerprint density at radius 2 is 2.27 bits per heavy atom. The number of nitriles is 1. The number of anilines is 1. The first-order valence-corrected chi connectivity index (χ1v) is 6.33. The van der Waals surface area contributed by atoms with Crippen LogP contribution in [0.3, 0.4) is 0 Å². The lowest BCUT2D eigenvalue weighted by Crippen LogP contribution is -2.17. The Labute approximate surface area is 95.7 Å². The van der Waals surface area contributed by atoms with E-state index in [1.54, 1.807) is 0 Å². The average Bonchev–Trinajstić information content (AvgIpc) is 2.18. The average molecular weight is 220 g/mol. The van der Waals surface area contributed by atoms with Crippen molar-refractivity contribution in [2.75, 3.05) is 17.3 Å². The van der Waals surface area contributed by atoms with Crippen LogP contribution in [0.15, 0.2) is 18.2 Å². The molecule has 0 spiro atoms. The molecule has 1 aromatic carbocycles. The summed E-state index contributed by atoms with van der Waals surface area (Å²) in [5.74, 6) is 1.08. The van der Waals surface area contributed by atoms with Gasteiger partial charge in [-0.1, -0.05) is 0 Å². The van der Waals surface area contributed by atoms with Crippen LogP contribution in [0.1, 0.15) is 18.1 Å². The summed E-state index contributed by atoms with van der Waals surface area (Å²) >= 11 is 1.83. The van der Waals surface area contributed by atoms with Crippen molar-refractivity contribution in [1.82, 2.24) is 0 Å². The zero-order valence-electron chi connectivity index (χ0n) is 9.37. The smallest absolute Gasteiger partial charge is 0.0994 e. The highest BCUT2D eigenvalue weighted by atomic mass is 32.2. The summed E-state index contributed by atoms with van der Waals surface area (Å²) in [4.78, 5) is 0. The van der Waals surface area contributed by atoms with Gasteiger partial charge in [-0.15, -0.1) is 0 Å². The van der Waals surface area contributed by atoms with Gasteiger partial charge < -0.3 is 5.32 Å². The molecule has 0 amide bonds. The number of hydrogen-bond acceptors (Lipinski definition) is 3. The molecule has 1 atom stereocenters. The van der Waals surface area contributed by atoms with E-state index in [0.29, 0.717) is 6.04 Å². The van der Waals surface area contributed by atoms with Gasteiger partial charge in [0.05, 0.1) is 11.6 Å². The van der Waals surface area contributed by atoms with Crippen LogP contribution >= 0.6 is 11.8 Å². The highest BCUT2D eigenvalue weighted by Gasteiger charge is 2.02. The first-order valence-electron chi connectivity index (χ1n) is 4.93. The maximum Gasteiger partial charge on any atom is 0.0994 e. The third kappa shape index (κ3) is 3.49. The molecule has 15 heavy (non-hydrogen) atoms. The van der Waals surface area contributed by atoms with E-state index in [4.69, 9.17) is 5.26 Å². The van der Waals surface area contributed by atoms with Crippen LogP contribution in [0.25, 0.3) is 0 Å². The number of thioether (sulfide) groups is 1. The lowest BCUT2D eigenvalue weighted by molar-refractivity contribution is 0.914. The van der Waals surface area contributed by atoms with E-state index in [9.17, 15) is 0 Å². The number of benzene rings is 1. The Hall–Kier alpha value is -1.14.